The van der Waals surface area contributed by atoms with Crippen LogP contribution in [0.5, 0.6) is 17.2 Å². The third kappa shape index (κ3) is 6.77. The molecule has 0 saturated heterocycles. The van der Waals surface area contributed by atoms with Gasteiger partial charge in [-0.3, -0.25) is 0 Å². The van der Waals surface area contributed by atoms with Crippen LogP contribution in [-0.2, 0) is 9.53 Å². The first kappa shape index (κ1) is 24.8. The van der Waals surface area contributed by atoms with Gasteiger partial charge >= 0.3 is 11.9 Å². The quantitative estimate of drug-likeness (QED) is 0.261. The fourth-order valence-electron chi connectivity index (χ4n) is 3.14. The van der Waals surface area contributed by atoms with Crippen molar-refractivity contribution in [3.8, 4) is 28.4 Å². The minimum atomic E-state index is -1.07. The van der Waals surface area contributed by atoms with Crippen molar-refractivity contribution in [1.29, 1.82) is 0 Å². The molecule has 0 aliphatic carbocycles. The van der Waals surface area contributed by atoms with E-state index in [-0.39, 0.29) is 11.5 Å². The number of methoxy groups -OCH3 is 2. The summed E-state index contributed by atoms with van der Waals surface area (Å²) in [6, 6.07) is 10.4. The van der Waals surface area contributed by atoms with Gasteiger partial charge in [0.1, 0.15) is 11.3 Å². The fraction of sp³-hybridized carbons (Fsp3) is 0.360. The average molecular weight is 443 g/mol. The molecule has 2 aromatic rings. The smallest absolute Gasteiger partial charge is 0.340 e. The summed E-state index contributed by atoms with van der Waals surface area (Å²) >= 11 is 0. The van der Waals surface area contributed by atoms with Crippen LogP contribution < -0.4 is 14.2 Å². The Labute approximate surface area is 188 Å². The monoisotopic (exact) mass is 442 g/mol. The highest BCUT2D eigenvalue weighted by Crippen LogP contribution is 2.36. The number of hydrogen-bond donors (Lipinski definition) is 1. The Morgan fingerprint density at radius 1 is 0.906 bits per heavy atom. The normalized spacial score (nSPS) is 10.3. The highest BCUT2D eigenvalue weighted by Gasteiger charge is 2.19. The van der Waals surface area contributed by atoms with Crippen LogP contribution in [0.3, 0.4) is 0 Å². The van der Waals surface area contributed by atoms with Crippen molar-refractivity contribution in [1.82, 2.24) is 0 Å². The maximum atomic E-state index is 12.0. The summed E-state index contributed by atoms with van der Waals surface area (Å²) in [4.78, 5) is 23.3. The Balaban J connectivity index is 1.98. The van der Waals surface area contributed by atoms with Gasteiger partial charge in [0.15, 0.2) is 11.5 Å². The third-order valence-electron chi connectivity index (χ3n) is 4.81. The number of carbonyl (C=O) groups is 2. The number of unbranched alkanes of at least 4 members (excludes halogenated alkanes) is 3. The molecule has 1 N–H and O–H groups in total. The molecule has 172 valence electrons. The molecule has 0 atom stereocenters. The van der Waals surface area contributed by atoms with Gasteiger partial charge in [-0.15, -0.1) is 0 Å². The number of rotatable bonds is 13. The Bertz CT molecular complexity index is 949. The van der Waals surface area contributed by atoms with Crippen LogP contribution in [0.25, 0.3) is 11.1 Å². The van der Waals surface area contributed by atoms with Crippen molar-refractivity contribution in [2.75, 3.05) is 27.4 Å². The molecule has 7 heteroatoms. The zero-order chi connectivity index (χ0) is 23.5. The van der Waals surface area contributed by atoms with Crippen molar-refractivity contribution in [3.05, 3.63) is 54.1 Å². The number of hydrogen-bond acceptors (Lipinski definition) is 6. The molecular weight excluding hydrogens is 412 g/mol. The molecule has 0 amide bonds. The van der Waals surface area contributed by atoms with Crippen LogP contribution in [0.4, 0.5) is 0 Å². The molecule has 0 unspecified atom stereocenters. The molecule has 0 fully saturated rings. The molecule has 0 aliphatic rings. The zero-order valence-electron chi connectivity index (χ0n) is 18.8. The third-order valence-corrected chi connectivity index (χ3v) is 4.81. The van der Waals surface area contributed by atoms with Gasteiger partial charge in [-0.1, -0.05) is 24.8 Å². The van der Waals surface area contributed by atoms with Crippen LogP contribution >= 0.6 is 0 Å². The van der Waals surface area contributed by atoms with E-state index >= 15 is 0 Å². The number of esters is 1. The van der Waals surface area contributed by atoms with Crippen LogP contribution in [-0.4, -0.2) is 44.5 Å². The number of carboxylic acid groups (broad SMARTS) is 1. The van der Waals surface area contributed by atoms with E-state index in [4.69, 9.17) is 18.9 Å². The largest absolute Gasteiger partial charge is 0.493 e. The van der Waals surface area contributed by atoms with E-state index in [1.54, 1.807) is 50.4 Å². The SMILES string of the molecule is C=C(C)C(=O)OCCCCCCOc1cccc(-c2ccc(OC)c(OC)c2)c1C(=O)O. The van der Waals surface area contributed by atoms with Gasteiger partial charge in [-0.05, 0) is 56.4 Å². The van der Waals surface area contributed by atoms with E-state index < -0.39 is 5.97 Å². The minimum Gasteiger partial charge on any atom is -0.493 e. The summed E-state index contributed by atoms with van der Waals surface area (Å²) in [5.41, 5.74) is 1.72. The Morgan fingerprint density at radius 2 is 1.59 bits per heavy atom. The second kappa shape index (κ2) is 12.4. The fourth-order valence-corrected chi connectivity index (χ4v) is 3.14. The predicted molar refractivity (Wildman–Crippen MR) is 122 cm³/mol. The lowest BCUT2D eigenvalue weighted by atomic mass is 9.98. The summed E-state index contributed by atoms with van der Waals surface area (Å²) in [5.74, 6) is -0.0368. The average Bonchev–Trinajstić information content (AvgIpc) is 2.79. The van der Waals surface area contributed by atoms with Crippen molar-refractivity contribution in [3.63, 3.8) is 0 Å². The van der Waals surface area contributed by atoms with Gasteiger partial charge in [-0.2, -0.15) is 0 Å². The van der Waals surface area contributed by atoms with E-state index in [9.17, 15) is 14.7 Å². The molecule has 0 aromatic heterocycles. The standard InChI is InChI=1S/C25H30O7/c1-17(2)25(28)32-15-8-6-5-7-14-31-21-11-9-10-19(23(21)24(26)27)18-12-13-20(29-3)22(16-18)30-4/h9-13,16H,1,5-8,14-15H2,2-4H3,(H,26,27). The first-order valence-electron chi connectivity index (χ1n) is 10.4. The molecule has 0 heterocycles. The second-order valence-corrected chi connectivity index (χ2v) is 7.23. The molecule has 7 nitrogen and oxygen atoms in total. The Hall–Kier alpha value is -3.48. The summed E-state index contributed by atoms with van der Waals surface area (Å²) in [7, 11) is 3.08. The number of carbonyl (C=O) groups excluding carboxylic acids is 1. The minimum absolute atomic E-state index is 0.103. The van der Waals surface area contributed by atoms with Crippen LogP contribution in [0.2, 0.25) is 0 Å². The summed E-state index contributed by atoms with van der Waals surface area (Å²) < 4.78 is 21.5. The van der Waals surface area contributed by atoms with E-state index in [0.717, 1.165) is 25.7 Å². The lowest BCUT2D eigenvalue weighted by molar-refractivity contribution is -0.139. The van der Waals surface area contributed by atoms with E-state index in [1.807, 2.05) is 0 Å². The molecule has 0 saturated carbocycles. The van der Waals surface area contributed by atoms with Gasteiger partial charge in [0, 0.05) is 11.1 Å². The van der Waals surface area contributed by atoms with Crippen LogP contribution in [0.15, 0.2) is 48.6 Å². The molecular formula is C25H30O7. The molecule has 2 aromatic carbocycles. The number of aromatic carboxylic acids is 1. The van der Waals surface area contributed by atoms with Crippen molar-refractivity contribution >= 4 is 11.9 Å². The van der Waals surface area contributed by atoms with E-state index in [0.29, 0.717) is 47.2 Å². The number of ether oxygens (including phenoxy) is 4. The van der Waals surface area contributed by atoms with Gasteiger partial charge in [0.05, 0.1) is 27.4 Å². The van der Waals surface area contributed by atoms with E-state index in [2.05, 4.69) is 6.58 Å². The molecule has 0 spiro atoms. The zero-order valence-corrected chi connectivity index (χ0v) is 18.8. The summed E-state index contributed by atoms with van der Waals surface area (Å²) in [5, 5.41) is 9.84. The Kier molecular flexibility index (Phi) is 9.60. The van der Waals surface area contributed by atoms with Crippen molar-refractivity contribution < 1.29 is 33.6 Å². The van der Waals surface area contributed by atoms with Crippen molar-refractivity contribution in [2.45, 2.75) is 32.6 Å². The second-order valence-electron chi connectivity index (χ2n) is 7.23. The summed E-state index contributed by atoms with van der Waals surface area (Å²) in [6.45, 7) is 5.91. The molecule has 2 rings (SSSR count). The predicted octanol–water partition coefficient (Wildman–Crippen LogP) is 5.13. The highest BCUT2D eigenvalue weighted by molar-refractivity contribution is 5.99. The van der Waals surface area contributed by atoms with Gasteiger partial charge in [0.2, 0.25) is 0 Å². The summed E-state index contributed by atoms with van der Waals surface area (Å²) in [6.07, 6.45) is 3.27. The van der Waals surface area contributed by atoms with Gasteiger partial charge < -0.3 is 24.1 Å². The molecule has 0 bridgehead atoms. The van der Waals surface area contributed by atoms with Crippen molar-refractivity contribution in [2.24, 2.45) is 0 Å². The number of benzene rings is 2. The molecule has 0 aliphatic heterocycles. The van der Waals surface area contributed by atoms with E-state index in [1.165, 1.54) is 7.11 Å². The lowest BCUT2D eigenvalue weighted by Crippen LogP contribution is -2.07. The molecule has 32 heavy (non-hydrogen) atoms. The van der Waals surface area contributed by atoms with Gasteiger partial charge in [-0.25, -0.2) is 9.59 Å². The van der Waals surface area contributed by atoms with Crippen LogP contribution in [0, 0.1) is 0 Å². The van der Waals surface area contributed by atoms with Gasteiger partial charge in [0.25, 0.3) is 0 Å². The Morgan fingerprint density at radius 3 is 2.22 bits per heavy atom. The maximum Gasteiger partial charge on any atom is 0.340 e. The highest BCUT2D eigenvalue weighted by atomic mass is 16.5. The van der Waals surface area contributed by atoms with Crippen LogP contribution in [0.1, 0.15) is 43.0 Å². The first-order valence-corrected chi connectivity index (χ1v) is 10.4. The molecule has 0 radical (unpaired) electrons. The number of carboxylic acids is 1. The lowest BCUT2D eigenvalue weighted by Gasteiger charge is -2.15. The topological polar surface area (TPSA) is 91.3 Å². The first-order chi connectivity index (χ1) is 15.4. The maximum absolute atomic E-state index is 12.0.